The Morgan fingerprint density at radius 2 is 2.15 bits per heavy atom. The molecule has 13 heavy (non-hydrogen) atoms. The van der Waals surface area contributed by atoms with E-state index in [1.54, 1.807) is 0 Å². The topological polar surface area (TPSA) is 38.0 Å². The number of hydrogen-bond acceptors (Lipinski definition) is 2. The van der Waals surface area contributed by atoms with Crippen LogP contribution in [0.2, 0.25) is 0 Å². The van der Waals surface area contributed by atoms with Crippen molar-refractivity contribution in [3.63, 3.8) is 0 Å². The van der Waals surface area contributed by atoms with Crippen molar-refractivity contribution < 1.29 is 0 Å². The maximum absolute atomic E-state index is 5.69. The van der Waals surface area contributed by atoms with Gasteiger partial charge in [0.2, 0.25) is 0 Å². The number of nitrogen functional groups attached to an aromatic ring is 1. The van der Waals surface area contributed by atoms with Gasteiger partial charge in [0.15, 0.2) is 0 Å². The van der Waals surface area contributed by atoms with E-state index < -0.39 is 0 Å². The molecule has 0 aromatic heterocycles. The van der Waals surface area contributed by atoms with Crippen LogP contribution in [0, 0.1) is 6.92 Å². The summed E-state index contributed by atoms with van der Waals surface area (Å²) >= 11 is 0. The Balaban J connectivity index is 2.59. The van der Waals surface area contributed by atoms with E-state index in [-0.39, 0.29) is 0 Å². The Labute approximate surface area is 80.1 Å². The summed E-state index contributed by atoms with van der Waals surface area (Å²) in [5, 5.41) is 3.37. The molecule has 3 N–H and O–H groups in total. The minimum absolute atomic E-state index is 0.824. The highest BCUT2D eigenvalue weighted by Crippen LogP contribution is 2.17. The molecule has 0 bridgehead atoms. The fourth-order valence-electron chi connectivity index (χ4n) is 1.23. The zero-order valence-corrected chi connectivity index (χ0v) is 8.43. The summed E-state index contributed by atoms with van der Waals surface area (Å²) in [6, 6.07) is 5.97. The van der Waals surface area contributed by atoms with E-state index in [0.717, 1.165) is 17.9 Å². The highest BCUT2D eigenvalue weighted by molar-refractivity contribution is 5.59. The van der Waals surface area contributed by atoms with E-state index in [1.807, 2.05) is 18.2 Å². The number of nitrogens with one attached hydrogen (secondary N) is 1. The summed E-state index contributed by atoms with van der Waals surface area (Å²) < 4.78 is 0. The molecule has 0 amide bonds. The molecular weight excluding hydrogens is 160 g/mol. The van der Waals surface area contributed by atoms with Gasteiger partial charge in [-0.1, -0.05) is 19.4 Å². The second kappa shape index (κ2) is 4.75. The highest BCUT2D eigenvalue weighted by Gasteiger charge is 1.96. The lowest BCUT2D eigenvalue weighted by Crippen LogP contribution is -2.02. The molecule has 1 aromatic carbocycles. The van der Waals surface area contributed by atoms with Crippen molar-refractivity contribution in [2.24, 2.45) is 0 Å². The number of nitrogens with two attached hydrogens (primary N) is 1. The smallest absolute Gasteiger partial charge is 0.0390 e. The molecule has 72 valence electrons. The number of anilines is 2. The molecule has 0 unspecified atom stereocenters. The fraction of sp³-hybridized carbons (Fsp3) is 0.455. The molecule has 2 nitrogen and oxygen atoms in total. The van der Waals surface area contributed by atoms with E-state index in [0.29, 0.717) is 0 Å². The first kappa shape index (κ1) is 9.90. The van der Waals surface area contributed by atoms with E-state index in [4.69, 9.17) is 5.73 Å². The summed E-state index contributed by atoms with van der Waals surface area (Å²) in [6.07, 6.45) is 2.42. The first-order valence-electron chi connectivity index (χ1n) is 4.84. The van der Waals surface area contributed by atoms with Crippen LogP contribution in [0.3, 0.4) is 0 Å². The molecule has 0 aliphatic rings. The molecule has 0 saturated carbocycles. The summed E-state index contributed by atoms with van der Waals surface area (Å²) in [7, 11) is 0. The fourth-order valence-corrected chi connectivity index (χ4v) is 1.23. The quantitative estimate of drug-likeness (QED) is 0.549. The van der Waals surface area contributed by atoms with Crippen LogP contribution < -0.4 is 11.1 Å². The zero-order valence-electron chi connectivity index (χ0n) is 8.43. The lowest BCUT2D eigenvalue weighted by atomic mass is 10.2. The second-order valence-corrected chi connectivity index (χ2v) is 3.35. The Kier molecular flexibility index (Phi) is 3.62. The summed E-state index contributed by atoms with van der Waals surface area (Å²) in [5.74, 6) is 0. The van der Waals surface area contributed by atoms with Crippen molar-refractivity contribution >= 4 is 11.4 Å². The molecule has 0 fully saturated rings. The summed E-state index contributed by atoms with van der Waals surface area (Å²) in [6.45, 7) is 5.31. The third-order valence-electron chi connectivity index (χ3n) is 2.11. The van der Waals surface area contributed by atoms with Gasteiger partial charge in [-0.3, -0.25) is 0 Å². The maximum atomic E-state index is 5.69. The molecule has 0 radical (unpaired) electrons. The molecule has 0 aliphatic carbocycles. The van der Waals surface area contributed by atoms with E-state index in [1.165, 1.54) is 18.4 Å². The van der Waals surface area contributed by atoms with Gasteiger partial charge in [-0.2, -0.15) is 0 Å². The molecule has 0 aliphatic heterocycles. The SMILES string of the molecule is CCCCNc1cc(N)ccc1C. The number of aryl methyl sites for hydroxylation is 1. The van der Waals surface area contributed by atoms with Crippen LogP contribution in [0.15, 0.2) is 18.2 Å². The molecule has 0 heterocycles. The van der Waals surface area contributed by atoms with Crippen LogP contribution in [0.4, 0.5) is 11.4 Å². The van der Waals surface area contributed by atoms with Gasteiger partial charge in [-0.25, -0.2) is 0 Å². The van der Waals surface area contributed by atoms with Gasteiger partial charge in [0.1, 0.15) is 0 Å². The highest BCUT2D eigenvalue weighted by atomic mass is 14.9. The average molecular weight is 178 g/mol. The standard InChI is InChI=1S/C11H18N2/c1-3-4-7-13-11-8-10(12)6-5-9(11)2/h5-6,8,13H,3-4,7,12H2,1-2H3. The third kappa shape index (κ3) is 2.98. The first-order valence-corrected chi connectivity index (χ1v) is 4.84. The van der Waals surface area contributed by atoms with E-state index >= 15 is 0 Å². The summed E-state index contributed by atoms with van der Waals surface area (Å²) in [4.78, 5) is 0. The second-order valence-electron chi connectivity index (χ2n) is 3.35. The lowest BCUT2D eigenvalue weighted by molar-refractivity contribution is 0.834. The van der Waals surface area contributed by atoms with Crippen molar-refractivity contribution in [3.8, 4) is 0 Å². The normalized spacial score (nSPS) is 10.0. The summed E-state index contributed by atoms with van der Waals surface area (Å²) in [5.41, 5.74) is 8.93. The maximum Gasteiger partial charge on any atom is 0.0390 e. The molecule has 0 spiro atoms. The van der Waals surface area contributed by atoms with E-state index in [9.17, 15) is 0 Å². The van der Waals surface area contributed by atoms with Gasteiger partial charge in [-0.05, 0) is 31.0 Å². The molecule has 0 atom stereocenters. The molecule has 1 rings (SSSR count). The van der Waals surface area contributed by atoms with Crippen LogP contribution in [0.1, 0.15) is 25.3 Å². The monoisotopic (exact) mass is 178 g/mol. The molecule has 2 heteroatoms. The van der Waals surface area contributed by atoms with Gasteiger partial charge < -0.3 is 11.1 Å². The molecule has 1 aromatic rings. The van der Waals surface area contributed by atoms with E-state index in [2.05, 4.69) is 19.2 Å². The zero-order chi connectivity index (χ0) is 9.68. The Morgan fingerprint density at radius 1 is 1.38 bits per heavy atom. The number of unbranched alkanes of at least 4 members (excludes halogenated alkanes) is 1. The Morgan fingerprint density at radius 3 is 2.85 bits per heavy atom. The molecule has 0 saturated heterocycles. The van der Waals surface area contributed by atoms with Crippen molar-refractivity contribution in [3.05, 3.63) is 23.8 Å². The van der Waals surface area contributed by atoms with Crippen molar-refractivity contribution in [2.45, 2.75) is 26.7 Å². The lowest BCUT2D eigenvalue weighted by Gasteiger charge is -2.09. The van der Waals surface area contributed by atoms with Crippen LogP contribution in [0.5, 0.6) is 0 Å². The largest absolute Gasteiger partial charge is 0.399 e. The van der Waals surface area contributed by atoms with Gasteiger partial charge in [0.05, 0.1) is 0 Å². The predicted octanol–water partition coefficient (Wildman–Crippen LogP) is 2.79. The van der Waals surface area contributed by atoms with Gasteiger partial charge in [0, 0.05) is 17.9 Å². The van der Waals surface area contributed by atoms with Crippen LogP contribution in [-0.2, 0) is 0 Å². The Bertz CT molecular complexity index is 269. The van der Waals surface area contributed by atoms with Crippen molar-refractivity contribution in [1.82, 2.24) is 0 Å². The minimum Gasteiger partial charge on any atom is -0.399 e. The number of benzene rings is 1. The Hall–Kier alpha value is -1.18. The molecular formula is C11H18N2. The van der Waals surface area contributed by atoms with Crippen molar-refractivity contribution in [1.29, 1.82) is 0 Å². The third-order valence-corrected chi connectivity index (χ3v) is 2.11. The number of rotatable bonds is 4. The van der Waals surface area contributed by atoms with Crippen LogP contribution in [-0.4, -0.2) is 6.54 Å². The van der Waals surface area contributed by atoms with Crippen LogP contribution >= 0.6 is 0 Å². The first-order chi connectivity index (χ1) is 6.24. The van der Waals surface area contributed by atoms with Crippen molar-refractivity contribution in [2.75, 3.05) is 17.6 Å². The number of hydrogen-bond donors (Lipinski definition) is 2. The van der Waals surface area contributed by atoms with Gasteiger partial charge in [0.25, 0.3) is 0 Å². The van der Waals surface area contributed by atoms with Gasteiger partial charge >= 0.3 is 0 Å². The minimum atomic E-state index is 0.824. The predicted molar refractivity (Wildman–Crippen MR) is 59.0 cm³/mol. The van der Waals surface area contributed by atoms with Crippen LogP contribution in [0.25, 0.3) is 0 Å². The average Bonchev–Trinajstić information content (AvgIpc) is 2.11. The van der Waals surface area contributed by atoms with Gasteiger partial charge in [-0.15, -0.1) is 0 Å².